The predicted molar refractivity (Wildman–Crippen MR) is 74.1 cm³/mol. The van der Waals surface area contributed by atoms with Gasteiger partial charge in [-0.05, 0) is 24.3 Å². The normalized spacial score (nSPS) is 11.0. The zero-order chi connectivity index (χ0) is 15.0. The van der Waals surface area contributed by atoms with Crippen LogP contribution in [0.4, 0.5) is 14.5 Å². The maximum atomic E-state index is 13.7. The third-order valence-electron chi connectivity index (χ3n) is 3.36. The lowest BCUT2D eigenvalue weighted by atomic mass is 10.2. The van der Waals surface area contributed by atoms with Crippen LogP contribution in [0.25, 0.3) is 10.9 Å². The molecular weight excluding hydrogens is 278 g/mol. The first-order valence-corrected chi connectivity index (χ1v) is 6.22. The fourth-order valence-corrected chi connectivity index (χ4v) is 2.29. The van der Waals surface area contributed by atoms with Crippen LogP contribution in [0, 0.1) is 21.7 Å². The molecule has 106 valence electrons. The van der Waals surface area contributed by atoms with Crippen LogP contribution >= 0.6 is 0 Å². The number of rotatable bonds is 3. The summed E-state index contributed by atoms with van der Waals surface area (Å²) in [5.74, 6) is -1.22. The van der Waals surface area contributed by atoms with Crippen LogP contribution in [0.5, 0.6) is 0 Å². The summed E-state index contributed by atoms with van der Waals surface area (Å²) in [4.78, 5) is 10.3. The van der Waals surface area contributed by atoms with Gasteiger partial charge in [-0.2, -0.15) is 0 Å². The standard InChI is InChI=1S/C15H10F2N2O2/c16-13-2-1-3-14(17)12(13)9-18-7-6-10-8-11(19(20)21)4-5-15(10)18/h1-8H,9H2. The Morgan fingerprint density at radius 1 is 1.10 bits per heavy atom. The Bertz CT molecular complexity index is 823. The van der Waals surface area contributed by atoms with Crippen molar-refractivity contribution in [1.29, 1.82) is 0 Å². The molecule has 0 aliphatic carbocycles. The highest BCUT2D eigenvalue weighted by atomic mass is 19.1. The number of nitro groups is 1. The fraction of sp³-hybridized carbons (Fsp3) is 0.0667. The van der Waals surface area contributed by atoms with Gasteiger partial charge < -0.3 is 4.57 Å². The minimum Gasteiger partial charge on any atom is -0.343 e. The average Bonchev–Trinajstić information content (AvgIpc) is 2.85. The van der Waals surface area contributed by atoms with Crippen molar-refractivity contribution in [2.75, 3.05) is 0 Å². The van der Waals surface area contributed by atoms with E-state index in [4.69, 9.17) is 0 Å². The molecule has 3 rings (SSSR count). The molecule has 0 fully saturated rings. The van der Waals surface area contributed by atoms with E-state index in [1.54, 1.807) is 22.9 Å². The minimum atomic E-state index is -0.612. The van der Waals surface area contributed by atoms with Gasteiger partial charge in [0.15, 0.2) is 0 Å². The third-order valence-corrected chi connectivity index (χ3v) is 3.36. The summed E-state index contributed by atoms with van der Waals surface area (Å²) in [7, 11) is 0. The number of nitro benzene ring substituents is 1. The molecule has 0 spiro atoms. The van der Waals surface area contributed by atoms with Gasteiger partial charge in [0.1, 0.15) is 11.6 Å². The average molecular weight is 288 g/mol. The number of hydrogen-bond donors (Lipinski definition) is 0. The summed E-state index contributed by atoms with van der Waals surface area (Å²) in [6.07, 6.45) is 1.65. The minimum absolute atomic E-state index is 0.0164. The van der Waals surface area contributed by atoms with Crippen LogP contribution in [-0.2, 0) is 6.54 Å². The molecule has 0 amide bonds. The van der Waals surface area contributed by atoms with Crippen molar-refractivity contribution in [2.45, 2.75) is 6.54 Å². The Hall–Kier alpha value is -2.76. The molecule has 0 radical (unpaired) electrons. The lowest BCUT2D eigenvalue weighted by Gasteiger charge is -2.08. The molecular formula is C15H10F2N2O2. The van der Waals surface area contributed by atoms with Crippen LogP contribution in [0.3, 0.4) is 0 Å². The molecule has 1 aromatic heterocycles. The van der Waals surface area contributed by atoms with E-state index < -0.39 is 16.6 Å². The van der Waals surface area contributed by atoms with E-state index in [0.717, 1.165) is 0 Å². The highest BCUT2D eigenvalue weighted by molar-refractivity contribution is 5.82. The molecule has 0 saturated heterocycles. The number of non-ortho nitro benzene ring substituents is 1. The van der Waals surface area contributed by atoms with E-state index in [2.05, 4.69) is 0 Å². The summed E-state index contributed by atoms with van der Waals surface area (Å²) >= 11 is 0. The lowest BCUT2D eigenvalue weighted by molar-refractivity contribution is -0.384. The Balaban J connectivity index is 2.04. The van der Waals surface area contributed by atoms with E-state index in [1.165, 1.54) is 30.3 Å². The molecule has 3 aromatic rings. The van der Waals surface area contributed by atoms with E-state index in [1.807, 2.05) is 0 Å². The highest BCUT2D eigenvalue weighted by Gasteiger charge is 2.12. The van der Waals surface area contributed by atoms with Crippen molar-refractivity contribution in [3.05, 3.63) is 76.0 Å². The van der Waals surface area contributed by atoms with Crippen LogP contribution < -0.4 is 0 Å². The summed E-state index contributed by atoms with van der Waals surface area (Å²) in [5, 5.41) is 11.4. The van der Waals surface area contributed by atoms with Crippen molar-refractivity contribution < 1.29 is 13.7 Å². The van der Waals surface area contributed by atoms with Crippen LogP contribution in [-0.4, -0.2) is 9.49 Å². The van der Waals surface area contributed by atoms with Crippen LogP contribution in [0.15, 0.2) is 48.7 Å². The van der Waals surface area contributed by atoms with Crippen molar-refractivity contribution in [3.8, 4) is 0 Å². The van der Waals surface area contributed by atoms with Gasteiger partial charge in [0, 0.05) is 34.8 Å². The number of benzene rings is 2. The first-order chi connectivity index (χ1) is 10.1. The molecule has 0 saturated carbocycles. The summed E-state index contributed by atoms with van der Waals surface area (Å²) in [6, 6.07) is 9.78. The number of nitrogens with zero attached hydrogens (tertiary/aromatic N) is 2. The number of hydrogen-bond acceptors (Lipinski definition) is 2. The van der Waals surface area contributed by atoms with Gasteiger partial charge in [-0.3, -0.25) is 10.1 Å². The second-order valence-corrected chi connectivity index (χ2v) is 4.64. The summed E-state index contributed by atoms with van der Waals surface area (Å²) in [5.41, 5.74) is 0.633. The fourth-order valence-electron chi connectivity index (χ4n) is 2.29. The smallest absolute Gasteiger partial charge is 0.270 e. The van der Waals surface area contributed by atoms with E-state index in [9.17, 15) is 18.9 Å². The second kappa shape index (κ2) is 4.97. The molecule has 0 bridgehead atoms. The van der Waals surface area contributed by atoms with Crippen LogP contribution in [0.1, 0.15) is 5.56 Å². The molecule has 0 unspecified atom stereocenters. The number of aromatic nitrogens is 1. The van der Waals surface area contributed by atoms with Crippen molar-refractivity contribution in [2.24, 2.45) is 0 Å². The molecule has 0 atom stereocenters. The maximum Gasteiger partial charge on any atom is 0.270 e. The van der Waals surface area contributed by atoms with Crippen molar-refractivity contribution >= 4 is 16.6 Å². The van der Waals surface area contributed by atoms with Gasteiger partial charge in [-0.15, -0.1) is 0 Å². The SMILES string of the molecule is O=[N+]([O-])c1ccc2c(ccn2Cc2c(F)cccc2F)c1. The first kappa shape index (κ1) is 13.2. The summed E-state index contributed by atoms with van der Waals surface area (Å²) < 4.78 is 29.0. The monoisotopic (exact) mass is 288 g/mol. The molecule has 21 heavy (non-hydrogen) atoms. The van der Waals surface area contributed by atoms with Gasteiger partial charge in [-0.1, -0.05) is 6.07 Å². The zero-order valence-corrected chi connectivity index (χ0v) is 10.8. The van der Waals surface area contributed by atoms with E-state index >= 15 is 0 Å². The third kappa shape index (κ3) is 2.35. The number of fused-ring (bicyclic) bond motifs is 1. The molecule has 0 N–H and O–H groups in total. The van der Waals surface area contributed by atoms with E-state index in [0.29, 0.717) is 10.9 Å². The molecule has 0 aliphatic heterocycles. The molecule has 1 heterocycles. The molecule has 6 heteroatoms. The Morgan fingerprint density at radius 3 is 2.48 bits per heavy atom. The van der Waals surface area contributed by atoms with Crippen molar-refractivity contribution in [1.82, 2.24) is 4.57 Å². The van der Waals surface area contributed by atoms with Gasteiger partial charge in [0.25, 0.3) is 5.69 Å². The Labute approximate surface area is 118 Å². The highest BCUT2D eigenvalue weighted by Crippen LogP contribution is 2.23. The Morgan fingerprint density at radius 2 is 1.81 bits per heavy atom. The summed E-state index contributed by atoms with van der Waals surface area (Å²) in [6.45, 7) is 0.0276. The molecule has 2 aromatic carbocycles. The maximum absolute atomic E-state index is 13.7. The number of halogens is 2. The first-order valence-electron chi connectivity index (χ1n) is 6.22. The topological polar surface area (TPSA) is 48.1 Å². The molecule has 0 aliphatic rings. The van der Waals surface area contributed by atoms with Gasteiger partial charge in [0.05, 0.1) is 11.5 Å². The van der Waals surface area contributed by atoms with Gasteiger partial charge >= 0.3 is 0 Å². The lowest BCUT2D eigenvalue weighted by Crippen LogP contribution is -2.03. The van der Waals surface area contributed by atoms with Crippen LogP contribution in [0.2, 0.25) is 0 Å². The van der Waals surface area contributed by atoms with Crippen molar-refractivity contribution in [3.63, 3.8) is 0 Å². The predicted octanol–water partition coefficient (Wildman–Crippen LogP) is 3.88. The largest absolute Gasteiger partial charge is 0.343 e. The van der Waals surface area contributed by atoms with Gasteiger partial charge in [0.2, 0.25) is 0 Å². The van der Waals surface area contributed by atoms with E-state index in [-0.39, 0.29) is 17.8 Å². The Kier molecular flexibility index (Phi) is 3.13. The zero-order valence-electron chi connectivity index (χ0n) is 10.8. The van der Waals surface area contributed by atoms with Gasteiger partial charge in [-0.25, -0.2) is 8.78 Å². The second-order valence-electron chi connectivity index (χ2n) is 4.64. The molecule has 4 nitrogen and oxygen atoms in total. The quantitative estimate of drug-likeness (QED) is 0.542.